The molecule has 0 spiro atoms. The van der Waals surface area contributed by atoms with E-state index in [9.17, 15) is 8.42 Å². The first-order chi connectivity index (χ1) is 8.57. The third-order valence-electron chi connectivity index (χ3n) is 3.34. The molecule has 0 bridgehead atoms. The van der Waals surface area contributed by atoms with Crippen molar-refractivity contribution in [2.75, 3.05) is 18.4 Å². The molecule has 1 unspecified atom stereocenters. The predicted octanol–water partition coefficient (Wildman–Crippen LogP) is 1.70. The number of nitrogens with zero attached hydrogens (tertiary/aromatic N) is 3. The highest BCUT2D eigenvalue weighted by Crippen LogP contribution is 2.25. The van der Waals surface area contributed by atoms with E-state index in [0.717, 1.165) is 24.7 Å². The second kappa shape index (κ2) is 5.71. The molecule has 1 fully saturated rings. The number of sulfonamides is 1. The van der Waals surface area contributed by atoms with Crippen LogP contribution in [0.4, 0.5) is 0 Å². The molecular weight excluding hydrogens is 318 g/mol. The van der Waals surface area contributed by atoms with Crippen LogP contribution >= 0.6 is 15.9 Å². The maximum Gasteiger partial charge on any atom is 0.262 e. The van der Waals surface area contributed by atoms with Gasteiger partial charge in [0.2, 0.25) is 0 Å². The first-order valence-corrected chi connectivity index (χ1v) is 8.72. The Balaban J connectivity index is 2.12. The smallest absolute Gasteiger partial charge is 0.262 e. The summed E-state index contributed by atoms with van der Waals surface area (Å²) >= 11 is 3.40. The quantitative estimate of drug-likeness (QED) is 0.769. The highest BCUT2D eigenvalue weighted by Gasteiger charge is 2.33. The average molecular weight is 336 g/mol. The normalized spacial score (nSPS) is 21.6. The lowest BCUT2D eigenvalue weighted by atomic mass is 10.1. The Morgan fingerprint density at radius 2 is 2.33 bits per heavy atom. The Bertz CT molecular complexity index is 500. The molecule has 0 radical (unpaired) electrons. The number of imidazole rings is 1. The molecule has 1 aliphatic rings. The molecule has 0 saturated carbocycles. The van der Waals surface area contributed by atoms with Gasteiger partial charge in [-0.15, -0.1) is 0 Å². The van der Waals surface area contributed by atoms with Gasteiger partial charge in [0.25, 0.3) is 10.0 Å². The molecule has 102 valence electrons. The molecule has 1 aromatic rings. The van der Waals surface area contributed by atoms with Gasteiger partial charge in [0, 0.05) is 31.2 Å². The Kier molecular flexibility index (Phi) is 4.45. The van der Waals surface area contributed by atoms with Crippen LogP contribution in [-0.2, 0) is 16.6 Å². The molecule has 1 aromatic heterocycles. The summed E-state index contributed by atoms with van der Waals surface area (Å²) in [5.41, 5.74) is 0. The van der Waals surface area contributed by atoms with Crippen LogP contribution in [0.2, 0.25) is 0 Å². The molecule has 1 aliphatic heterocycles. The molecule has 0 aliphatic carbocycles. The zero-order valence-electron chi connectivity index (χ0n) is 10.4. The molecule has 1 saturated heterocycles. The number of aryl methyl sites for hydroxylation is 1. The Morgan fingerprint density at radius 3 is 2.94 bits per heavy atom. The molecule has 0 aromatic carbocycles. The van der Waals surface area contributed by atoms with E-state index in [1.54, 1.807) is 21.4 Å². The lowest BCUT2D eigenvalue weighted by Crippen LogP contribution is -2.29. The van der Waals surface area contributed by atoms with E-state index < -0.39 is 10.0 Å². The standard InChI is InChI=1S/C11H18BrN3O2S/c1-2-14-8-11(13-9-14)18(16,17)15-6-4-10(7-15)3-5-12/h8-10H,2-7H2,1H3. The third kappa shape index (κ3) is 2.78. The molecule has 0 amide bonds. The zero-order valence-corrected chi connectivity index (χ0v) is 12.8. The van der Waals surface area contributed by atoms with Gasteiger partial charge in [-0.25, -0.2) is 13.4 Å². The van der Waals surface area contributed by atoms with Crippen LogP contribution in [0, 0.1) is 5.92 Å². The lowest BCUT2D eigenvalue weighted by molar-refractivity contribution is 0.452. The van der Waals surface area contributed by atoms with Crippen LogP contribution in [0.5, 0.6) is 0 Å². The fourth-order valence-electron chi connectivity index (χ4n) is 2.18. The highest BCUT2D eigenvalue weighted by atomic mass is 79.9. The average Bonchev–Trinajstić information content (AvgIpc) is 2.98. The van der Waals surface area contributed by atoms with Crippen molar-refractivity contribution in [3.05, 3.63) is 12.5 Å². The first-order valence-electron chi connectivity index (χ1n) is 6.15. The Morgan fingerprint density at radius 1 is 1.56 bits per heavy atom. The summed E-state index contributed by atoms with van der Waals surface area (Å²) in [6.45, 7) is 3.92. The summed E-state index contributed by atoms with van der Waals surface area (Å²) in [6, 6.07) is 0. The predicted molar refractivity (Wildman–Crippen MR) is 73.2 cm³/mol. The van der Waals surface area contributed by atoms with E-state index in [1.807, 2.05) is 6.92 Å². The van der Waals surface area contributed by atoms with Crippen LogP contribution in [0.15, 0.2) is 17.6 Å². The molecule has 1 atom stereocenters. The zero-order chi connectivity index (χ0) is 13.2. The molecule has 18 heavy (non-hydrogen) atoms. The van der Waals surface area contributed by atoms with Crippen molar-refractivity contribution in [1.82, 2.24) is 13.9 Å². The van der Waals surface area contributed by atoms with E-state index in [2.05, 4.69) is 20.9 Å². The van der Waals surface area contributed by atoms with E-state index in [4.69, 9.17) is 0 Å². The molecule has 7 heteroatoms. The summed E-state index contributed by atoms with van der Waals surface area (Å²) in [6.07, 6.45) is 5.14. The number of halogens is 1. The molecular formula is C11H18BrN3O2S. The minimum absolute atomic E-state index is 0.170. The van der Waals surface area contributed by atoms with Gasteiger partial charge in [-0.3, -0.25) is 0 Å². The second-order valence-corrected chi connectivity index (χ2v) is 7.22. The van der Waals surface area contributed by atoms with Crippen molar-refractivity contribution in [2.24, 2.45) is 5.92 Å². The van der Waals surface area contributed by atoms with Crippen molar-refractivity contribution in [3.63, 3.8) is 0 Å². The Hall–Kier alpha value is -0.400. The fourth-order valence-corrected chi connectivity index (χ4v) is 4.30. The van der Waals surface area contributed by atoms with Crippen molar-refractivity contribution in [1.29, 1.82) is 0 Å². The van der Waals surface area contributed by atoms with Crippen LogP contribution in [0.25, 0.3) is 0 Å². The van der Waals surface area contributed by atoms with Gasteiger partial charge in [0.05, 0.1) is 6.33 Å². The summed E-state index contributed by atoms with van der Waals surface area (Å²) in [7, 11) is -3.39. The van der Waals surface area contributed by atoms with Crippen LogP contribution in [-0.4, -0.2) is 40.7 Å². The van der Waals surface area contributed by atoms with Crippen molar-refractivity contribution >= 4 is 26.0 Å². The fraction of sp³-hybridized carbons (Fsp3) is 0.727. The summed E-state index contributed by atoms with van der Waals surface area (Å²) in [5.74, 6) is 0.465. The van der Waals surface area contributed by atoms with Gasteiger partial charge in [0.15, 0.2) is 5.03 Å². The number of rotatable bonds is 5. The van der Waals surface area contributed by atoms with Gasteiger partial charge in [-0.05, 0) is 25.7 Å². The minimum Gasteiger partial charge on any atom is -0.336 e. The van der Waals surface area contributed by atoms with Crippen LogP contribution in [0.3, 0.4) is 0 Å². The van der Waals surface area contributed by atoms with Gasteiger partial charge in [-0.2, -0.15) is 4.31 Å². The summed E-state index contributed by atoms with van der Waals surface area (Å²) in [4.78, 5) is 4.00. The maximum absolute atomic E-state index is 12.4. The first kappa shape index (κ1) is 14.0. The highest BCUT2D eigenvalue weighted by molar-refractivity contribution is 9.09. The monoisotopic (exact) mass is 335 g/mol. The molecule has 5 nitrogen and oxygen atoms in total. The maximum atomic E-state index is 12.4. The van der Waals surface area contributed by atoms with Crippen molar-refractivity contribution in [3.8, 4) is 0 Å². The third-order valence-corrected chi connectivity index (χ3v) is 5.55. The lowest BCUT2D eigenvalue weighted by Gasteiger charge is -2.14. The number of hydrogen-bond acceptors (Lipinski definition) is 3. The SMILES string of the molecule is CCn1cnc(S(=O)(=O)N2CCC(CCBr)C2)c1. The largest absolute Gasteiger partial charge is 0.336 e. The van der Waals surface area contributed by atoms with Gasteiger partial charge in [0.1, 0.15) is 0 Å². The van der Waals surface area contributed by atoms with Crippen LogP contribution < -0.4 is 0 Å². The topological polar surface area (TPSA) is 55.2 Å². The molecule has 2 heterocycles. The number of aromatic nitrogens is 2. The van der Waals surface area contributed by atoms with E-state index in [0.29, 0.717) is 19.0 Å². The number of hydrogen-bond donors (Lipinski definition) is 0. The van der Waals surface area contributed by atoms with E-state index in [1.165, 1.54) is 0 Å². The van der Waals surface area contributed by atoms with Gasteiger partial charge < -0.3 is 4.57 Å². The van der Waals surface area contributed by atoms with Crippen molar-refractivity contribution in [2.45, 2.75) is 31.3 Å². The molecule has 0 N–H and O–H groups in total. The van der Waals surface area contributed by atoms with Gasteiger partial charge >= 0.3 is 0 Å². The van der Waals surface area contributed by atoms with E-state index in [-0.39, 0.29) is 5.03 Å². The summed E-state index contributed by atoms with van der Waals surface area (Å²) < 4.78 is 28.0. The van der Waals surface area contributed by atoms with Gasteiger partial charge in [-0.1, -0.05) is 15.9 Å². The van der Waals surface area contributed by atoms with E-state index >= 15 is 0 Å². The molecule has 2 rings (SSSR count). The minimum atomic E-state index is -3.39. The summed E-state index contributed by atoms with van der Waals surface area (Å²) in [5, 5.41) is 1.10. The Labute approximate surface area is 116 Å². The van der Waals surface area contributed by atoms with Crippen LogP contribution in [0.1, 0.15) is 19.8 Å². The van der Waals surface area contributed by atoms with Crippen molar-refractivity contribution < 1.29 is 8.42 Å². The second-order valence-electron chi connectivity index (χ2n) is 4.54. The number of alkyl halides is 1.